The van der Waals surface area contributed by atoms with Gasteiger partial charge in [-0.3, -0.25) is 19.8 Å². The normalized spacial score (nSPS) is 17.6. The summed E-state index contributed by atoms with van der Waals surface area (Å²) < 4.78 is 10.0. The first-order chi connectivity index (χ1) is 19.6. The second-order valence-corrected chi connectivity index (χ2v) is 9.43. The maximum Gasteiger partial charge on any atom is 0.355 e. The Hall–Kier alpha value is -5.38. The van der Waals surface area contributed by atoms with Crippen molar-refractivity contribution >= 4 is 34.9 Å². The van der Waals surface area contributed by atoms with Crippen molar-refractivity contribution in [2.45, 2.75) is 18.8 Å². The number of hydrogen-bond donors (Lipinski definition) is 2. The molecule has 2 aliphatic rings. The molecule has 0 aliphatic carbocycles. The molecule has 0 radical (unpaired) electrons. The predicted octanol–water partition coefficient (Wildman–Crippen LogP) is 2.19. The molecule has 1 atom stereocenters. The lowest BCUT2D eigenvalue weighted by atomic mass is 9.81. The molecule has 41 heavy (non-hydrogen) atoms. The molecule has 2 aliphatic heterocycles. The number of nitrogens with zero attached hydrogens (tertiary/aromatic N) is 4. The first kappa shape index (κ1) is 28.6. The number of hydrogen-bond acceptors (Lipinski definition) is 11. The minimum Gasteiger partial charge on any atom is -0.466 e. The van der Waals surface area contributed by atoms with Crippen LogP contribution in [0.25, 0.3) is 0 Å². The Morgan fingerprint density at radius 1 is 1.05 bits per heavy atom. The SMILES string of the molecule is COC(=O)C1=C(C(=O)OC)N(c2ccc(N3CCC(C(N)=O)CC3)c([N+](=O)[O-])c2)C(N)=C(C#N)C1c1ccccc1. The van der Waals surface area contributed by atoms with Crippen molar-refractivity contribution in [3.8, 4) is 6.07 Å². The number of rotatable bonds is 7. The molecule has 1 fully saturated rings. The number of nitro benzene ring substituents is 1. The van der Waals surface area contributed by atoms with Crippen LogP contribution in [0.4, 0.5) is 17.1 Å². The van der Waals surface area contributed by atoms with Gasteiger partial charge in [0.2, 0.25) is 5.91 Å². The van der Waals surface area contributed by atoms with E-state index in [-0.39, 0.29) is 40.0 Å². The number of anilines is 2. The van der Waals surface area contributed by atoms with E-state index in [1.807, 2.05) is 6.07 Å². The van der Waals surface area contributed by atoms with Gasteiger partial charge in [0.15, 0.2) is 0 Å². The summed E-state index contributed by atoms with van der Waals surface area (Å²) in [7, 11) is 2.24. The Balaban J connectivity index is 1.92. The second kappa shape index (κ2) is 11.8. The van der Waals surface area contributed by atoms with E-state index >= 15 is 0 Å². The summed E-state index contributed by atoms with van der Waals surface area (Å²) in [5.41, 5.74) is 11.8. The molecule has 0 saturated carbocycles. The fourth-order valence-corrected chi connectivity index (χ4v) is 5.25. The summed E-state index contributed by atoms with van der Waals surface area (Å²) >= 11 is 0. The predicted molar refractivity (Wildman–Crippen MR) is 147 cm³/mol. The van der Waals surface area contributed by atoms with Crippen LogP contribution >= 0.6 is 0 Å². The Morgan fingerprint density at radius 3 is 2.22 bits per heavy atom. The largest absolute Gasteiger partial charge is 0.466 e. The number of amides is 1. The first-order valence-electron chi connectivity index (χ1n) is 12.6. The third kappa shape index (κ3) is 5.27. The van der Waals surface area contributed by atoms with Gasteiger partial charge in [-0.25, -0.2) is 9.59 Å². The molecule has 4 N–H and O–H groups in total. The zero-order chi connectivity index (χ0) is 29.8. The van der Waals surface area contributed by atoms with Gasteiger partial charge in [-0.2, -0.15) is 5.26 Å². The minimum atomic E-state index is -1.07. The smallest absolute Gasteiger partial charge is 0.355 e. The van der Waals surface area contributed by atoms with Crippen molar-refractivity contribution in [3.63, 3.8) is 0 Å². The lowest BCUT2D eigenvalue weighted by Crippen LogP contribution is -2.41. The van der Waals surface area contributed by atoms with Crippen LogP contribution in [0.3, 0.4) is 0 Å². The van der Waals surface area contributed by atoms with E-state index in [1.165, 1.54) is 18.2 Å². The summed E-state index contributed by atoms with van der Waals surface area (Å²) in [6.45, 7) is 0.743. The number of ether oxygens (including phenoxy) is 2. The quantitative estimate of drug-likeness (QED) is 0.286. The highest BCUT2D eigenvalue weighted by Gasteiger charge is 2.43. The highest BCUT2D eigenvalue weighted by Crippen LogP contribution is 2.44. The molecule has 13 heteroatoms. The van der Waals surface area contributed by atoms with Crippen LogP contribution in [0.15, 0.2) is 71.2 Å². The van der Waals surface area contributed by atoms with Gasteiger partial charge < -0.3 is 25.8 Å². The van der Waals surface area contributed by atoms with E-state index in [4.69, 9.17) is 20.9 Å². The number of piperidine rings is 1. The number of allylic oxidation sites excluding steroid dienone is 1. The van der Waals surface area contributed by atoms with Crippen LogP contribution < -0.4 is 21.3 Å². The van der Waals surface area contributed by atoms with Crippen molar-refractivity contribution < 1.29 is 28.8 Å². The summed E-state index contributed by atoms with van der Waals surface area (Å²) in [5.74, 6) is -3.88. The Labute approximate surface area is 235 Å². The molecule has 0 aromatic heterocycles. The van der Waals surface area contributed by atoms with Gasteiger partial charge in [0.25, 0.3) is 5.69 Å². The van der Waals surface area contributed by atoms with Crippen LogP contribution in [0, 0.1) is 27.4 Å². The molecule has 0 spiro atoms. The van der Waals surface area contributed by atoms with Gasteiger partial charge in [-0.1, -0.05) is 30.3 Å². The molecule has 1 unspecified atom stereocenters. The van der Waals surface area contributed by atoms with Crippen molar-refractivity contribution in [1.29, 1.82) is 5.26 Å². The van der Waals surface area contributed by atoms with E-state index in [0.29, 0.717) is 37.2 Å². The molecule has 0 bridgehead atoms. The van der Waals surface area contributed by atoms with Crippen molar-refractivity contribution in [1.82, 2.24) is 0 Å². The van der Waals surface area contributed by atoms with E-state index < -0.39 is 28.7 Å². The zero-order valence-corrected chi connectivity index (χ0v) is 22.4. The lowest BCUT2D eigenvalue weighted by Gasteiger charge is -2.36. The number of nitriles is 1. The average Bonchev–Trinajstić information content (AvgIpc) is 2.99. The average molecular weight is 561 g/mol. The van der Waals surface area contributed by atoms with Gasteiger partial charge >= 0.3 is 11.9 Å². The fourth-order valence-electron chi connectivity index (χ4n) is 5.25. The summed E-state index contributed by atoms with van der Waals surface area (Å²) in [4.78, 5) is 52.5. The Bertz CT molecular complexity index is 1500. The van der Waals surface area contributed by atoms with Gasteiger partial charge in [-0.05, 0) is 30.5 Å². The fraction of sp³-hybridized carbons (Fsp3) is 0.286. The molecule has 2 aromatic carbocycles. The number of primary amides is 1. The van der Waals surface area contributed by atoms with E-state index in [1.54, 1.807) is 35.2 Å². The third-order valence-corrected chi connectivity index (χ3v) is 7.26. The highest BCUT2D eigenvalue weighted by atomic mass is 16.6. The van der Waals surface area contributed by atoms with Gasteiger partial charge in [0, 0.05) is 25.1 Å². The van der Waals surface area contributed by atoms with Crippen LogP contribution in [0.2, 0.25) is 0 Å². The third-order valence-electron chi connectivity index (χ3n) is 7.26. The standard InChI is InChI=1S/C28H28N6O7/c1-40-27(36)23-22(16-6-4-3-5-7-16)19(15-29)25(30)33(24(23)28(37)41-2)18-8-9-20(21(14-18)34(38)39)32-12-10-17(11-13-32)26(31)35/h3-9,14,17,22H,10-13,30H2,1-2H3,(H2,31,35). The van der Waals surface area contributed by atoms with Crippen LogP contribution in [0.1, 0.15) is 24.3 Å². The van der Waals surface area contributed by atoms with Crippen LogP contribution in [0.5, 0.6) is 0 Å². The molecule has 13 nitrogen and oxygen atoms in total. The lowest BCUT2D eigenvalue weighted by molar-refractivity contribution is -0.384. The number of methoxy groups -OCH3 is 2. The summed E-state index contributed by atoms with van der Waals surface area (Å²) in [6, 6.07) is 14.7. The molecule has 212 valence electrons. The number of carbonyl (C=O) groups is 3. The van der Waals surface area contributed by atoms with Crippen LogP contribution in [-0.4, -0.2) is 50.1 Å². The number of nitro groups is 1. The van der Waals surface area contributed by atoms with Crippen molar-refractivity contribution in [2.75, 3.05) is 37.1 Å². The number of esters is 2. The maximum absolute atomic E-state index is 13.2. The van der Waals surface area contributed by atoms with Gasteiger partial charge in [0.1, 0.15) is 17.2 Å². The molecule has 2 heterocycles. The molecule has 1 amide bonds. The van der Waals surface area contributed by atoms with E-state index in [9.17, 15) is 29.8 Å². The molecule has 2 aromatic rings. The molecular formula is C28H28N6O7. The van der Waals surface area contributed by atoms with Crippen LogP contribution in [-0.2, 0) is 23.9 Å². The highest BCUT2D eigenvalue weighted by molar-refractivity contribution is 6.06. The van der Waals surface area contributed by atoms with Gasteiger partial charge in [0.05, 0.1) is 48.0 Å². The zero-order valence-electron chi connectivity index (χ0n) is 22.4. The number of benzene rings is 2. The first-order valence-corrected chi connectivity index (χ1v) is 12.6. The monoisotopic (exact) mass is 560 g/mol. The van der Waals surface area contributed by atoms with Gasteiger partial charge in [-0.15, -0.1) is 0 Å². The van der Waals surface area contributed by atoms with E-state index in [0.717, 1.165) is 19.1 Å². The maximum atomic E-state index is 13.2. The number of nitrogens with two attached hydrogens (primary N) is 2. The minimum absolute atomic E-state index is 0.0473. The Kier molecular flexibility index (Phi) is 8.23. The van der Waals surface area contributed by atoms with Crippen molar-refractivity contribution in [3.05, 3.63) is 86.9 Å². The van der Waals surface area contributed by atoms with E-state index in [2.05, 4.69) is 0 Å². The number of carbonyl (C=O) groups excluding carboxylic acids is 3. The summed E-state index contributed by atoms with van der Waals surface area (Å²) in [6.07, 6.45) is 0.889. The molecule has 4 rings (SSSR count). The van der Waals surface area contributed by atoms with Crippen molar-refractivity contribution in [2.24, 2.45) is 17.4 Å². The second-order valence-electron chi connectivity index (χ2n) is 9.43. The molecule has 1 saturated heterocycles. The molecular weight excluding hydrogens is 532 g/mol. The topological polar surface area (TPSA) is 195 Å². The summed E-state index contributed by atoms with van der Waals surface area (Å²) in [5, 5.41) is 22.4. The Morgan fingerprint density at radius 2 is 1.68 bits per heavy atom.